The molecule has 1 saturated heterocycles. The van der Waals surface area contributed by atoms with Crippen molar-refractivity contribution in [1.29, 1.82) is 0 Å². The van der Waals surface area contributed by atoms with Crippen LogP contribution in [0.4, 0.5) is 0 Å². The third-order valence-electron chi connectivity index (χ3n) is 7.13. The second-order valence-corrected chi connectivity index (χ2v) is 9.80. The summed E-state index contributed by atoms with van der Waals surface area (Å²) in [6.45, 7) is 4.64. The first-order chi connectivity index (χ1) is 16.8. The molecule has 1 amide bonds. The standard InChI is InChI=1S/C29H26ClNO4/c1-18-16-24-25(19(2)26(18)30)23(32)17-29(35-24)12-14-31(15-13-29)28(34)22-11-7-6-10-21(22)27(33)20-8-4-3-5-9-20/h3-11,16H,12-15,17H2,1-2H3. The molecular formula is C29H26ClNO4. The Kier molecular flexibility index (Phi) is 5.97. The minimum atomic E-state index is -0.632. The van der Waals surface area contributed by atoms with E-state index in [-0.39, 0.29) is 23.9 Å². The molecule has 0 aliphatic carbocycles. The van der Waals surface area contributed by atoms with Gasteiger partial charge in [0.1, 0.15) is 11.4 Å². The van der Waals surface area contributed by atoms with E-state index in [0.29, 0.717) is 59.0 Å². The lowest BCUT2D eigenvalue weighted by Gasteiger charge is -2.44. The number of carbonyl (C=O) groups is 3. The number of likely N-dealkylation sites (tertiary alicyclic amines) is 1. The van der Waals surface area contributed by atoms with Crippen LogP contribution in [0.3, 0.4) is 0 Å². The van der Waals surface area contributed by atoms with Crippen molar-refractivity contribution in [3.63, 3.8) is 0 Å². The number of Topliss-reactive ketones (excluding diaryl/α,β-unsaturated/α-hetero) is 1. The lowest BCUT2D eigenvalue weighted by atomic mass is 9.81. The molecule has 5 nitrogen and oxygen atoms in total. The first kappa shape index (κ1) is 23.3. The largest absolute Gasteiger partial charge is 0.486 e. The number of aryl methyl sites for hydroxylation is 1. The number of hydrogen-bond acceptors (Lipinski definition) is 4. The second-order valence-electron chi connectivity index (χ2n) is 9.42. The number of halogens is 1. The number of ketones is 2. The van der Waals surface area contributed by atoms with Crippen LogP contribution in [0.5, 0.6) is 5.75 Å². The maximum Gasteiger partial charge on any atom is 0.254 e. The summed E-state index contributed by atoms with van der Waals surface area (Å²) >= 11 is 6.37. The van der Waals surface area contributed by atoms with Gasteiger partial charge in [0.25, 0.3) is 5.91 Å². The Morgan fingerprint density at radius 3 is 2.26 bits per heavy atom. The Bertz CT molecular complexity index is 1340. The molecule has 2 aliphatic heterocycles. The van der Waals surface area contributed by atoms with Crippen molar-refractivity contribution < 1.29 is 19.1 Å². The van der Waals surface area contributed by atoms with Gasteiger partial charge in [0, 0.05) is 42.1 Å². The zero-order chi connectivity index (χ0) is 24.7. The van der Waals surface area contributed by atoms with Crippen molar-refractivity contribution in [2.45, 2.75) is 38.7 Å². The van der Waals surface area contributed by atoms with Crippen LogP contribution in [0.15, 0.2) is 60.7 Å². The SMILES string of the molecule is Cc1cc2c(c(C)c1Cl)C(=O)CC1(CCN(C(=O)c3ccccc3C(=O)c3ccccc3)CC1)O2. The quantitative estimate of drug-likeness (QED) is 0.436. The predicted octanol–water partition coefficient (Wildman–Crippen LogP) is 5.83. The summed E-state index contributed by atoms with van der Waals surface area (Å²) in [5.41, 5.74) is 2.90. The molecule has 0 bridgehead atoms. The van der Waals surface area contributed by atoms with E-state index in [2.05, 4.69) is 0 Å². The van der Waals surface area contributed by atoms with Crippen molar-refractivity contribution >= 4 is 29.1 Å². The zero-order valence-corrected chi connectivity index (χ0v) is 20.5. The molecule has 3 aromatic rings. The smallest absolute Gasteiger partial charge is 0.254 e. The number of rotatable bonds is 3. The van der Waals surface area contributed by atoms with Crippen molar-refractivity contribution in [1.82, 2.24) is 4.90 Å². The Hall–Kier alpha value is -3.44. The van der Waals surface area contributed by atoms with Crippen molar-refractivity contribution in [2.24, 2.45) is 0 Å². The van der Waals surface area contributed by atoms with Gasteiger partial charge in [0.2, 0.25) is 0 Å². The summed E-state index contributed by atoms with van der Waals surface area (Å²) in [5.74, 6) is 0.259. The summed E-state index contributed by atoms with van der Waals surface area (Å²) < 4.78 is 6.43. The number of hydrogen-bond donors (Lipinski definition) is 0. The number of amides is 1. The molecule has 0 radical (unpaired) electrons. The van der Waals surface area contributed by atoms with Gasteiger partial charge in [-0.1, -0.05) is 60.1 Å². The molecule has 0 saturated carbocycles. The topological polar surface area (TPSA) is 63.7 Å². The van der Waals surface area contributed by atoms with E-state index in [9.17, 15) is 14.4 Å². The van der Waals surface area contributed by atoms with E-state index in [1.807, 2.05) is 38.1 Å². The number of piperidine rings is 1. The molecule has 0 N–H and O–H groups in total. The molecule has 6 heteroatoms. The molecule has 35 heavy (non-hydrogen) atoms. The normalized spacial score (nSPS) is 16.5. The highest BCUT2D eigenvalue weighted by Crippen LogP contribution is 2.43. The van der Waals surface area contributed by atoms with E-state index in [1.165, 1.54) is 0 Å². The number of nitrogens with zero attached hydrogens (tertiary/aromatic N) is 1. The third kappa shape index (κ3) is 4.14. The van der Waals surface area contributed by atoms with Gasteiger partial charge in [0.05, 0.1) is 17.5 Å². The second kappa shape index (κ2) is 8.97. The van der Waals surface area contributed by atoms with Gasteiger partial charge >= 0.3 is 0 Å². The molecular weight excluding hydrogens is 462 g/mol. The lowest BCUT2D eigenvalue weighted by Crippen LogP contribution is -2.52. The van der Waals surface area contributed by atoms with Crippen LogP contribution in [0, 0.1) is 13.8 Å². The summed E-state index contributed by atoms with van der Waals surface area (Å²) in [5, 5.41) is 0.598. The maximum atomic E-state index is 13.5. The van der Waals surface area contributed by atoms with Gasteiger partial charge in [-0.25, -0.2) is 0 Å². The van der Waals surface area contributed by atoms with E-state index in [1.54, 1.807) is 41.3 Å². The average Bonchev–Trinajstić information content (AvgIpc) is 2.87. The van der Waals surface area contributed by atoms with Gasteiger partial charge < -0.3 is 9.64 Å². The van der Waals surface area contributed by atoms with Gasteiger partial charge in [-0.15, -0.1) is 0 Å². The van der Waals surface area contributed by atoms with Crippen LogP contribution in [-0.4, -0.2) is 41.1 Å². The first-order valence-corrected chi connectivity index (χ1v) is 12.2. The van der Waals surface area contributed by atoms with Crippen LogP contribution >= 0.6 is 11.6 Å². The van der Waals surface area contributed by atoms with Crippen LogP contribution in [0.2, 0.25) is 5.02 Å². The monoisotopic (exact) mass is 487 g/mol. The van der Waals surface area contributed by atoms with Crippen LogP contribution in [0.1, 0.15) is 67.0 Å². The summed E-state index contributed by atoms with van der Waals surface area (Å²) in [6, 6.07) is 17.8. The van der Waals surface area contributed by atoms with Crippen molar-refractivity contribution in [3.05, 3.63) is 99.1 Å². The summed E-state index contributed by atoms with van der Waals surface area (Å²) in [4.78, 5) is 41.4. The Morgan fingerprint density at radius 2 is 1.57 bits per heavy atom. The fraction of sp³-hybridized carbons (Fsp3) is 0.276. The van der Waals surface area contributed by atoms with E-state index in [4.69, 9.17) is 16.3 Å². The minimum Gasteiger partial charge on any atom is -0.486 e. The molecule has 5 rings (SSSR count). The van der Waals surface area contributed by atoms with Crippen LogP contribution < -0.4 is 4.74 Å². The van der Waals surface area contributed by atoms with E-state index < -0.39 is 5.60 Å². The molecule has 1 fully saturated rings. The molecule has 2 aliphatic rings. The van der Waals surface area contributed by atoms with Crippen LogP contribution in [-0.2, 0) is 0 Å². The summed E-state index contributed by atoms with van der Waals surface area (Å²) in [6.07, 6.45) is 1.35. The third-order valence-corrected chi connectivity index (χ3v) is 7.71. The highest BCUT2D eigenvalue weighted by molar-refractivity contribution is 6.32. The highest BCUT2D eigenvalue weighted by Gasteiger charge is 2.44. The fourth-order valence-corrected chi connectivity index (χ4v) is 5.33. The molecule has 1 spiro atoms. The van der Waals surface area contributed by atoms with Gasteiger partial charge in [-0.2, -0.15) is 0 Å². The highest BCUT2D eigenvalue weighted by atomic mass is 35.5. The number of ether oxygens (including phenoxy) is 1. The van der Waals surface area contributed by atoms with E-state index in [0.717, 1.165) is 11.1 Å². The molecule has 0 atom stereocenters. The number of benzene rings is 3. The Labute approximate surface area is 209 Å². The molecule has 2 heterocycles. The summed E-state index contributed by atoms with van der Waals surface area (Å²) in [7, 11) is 0. The Morgan fingerprint density at radius 1 is 0.943 bits per heavy atom. The first-order valence-electron chi connectivity index (χ1n) is 11.8. The molecule has 0 unspecified atom stereocenters. The van der Waals surface area contributed by atoms with Crippen molar-refractivity contribution in [2.75, 3.05) is 13.1 Å². The predicted molar refractivity (Wildman–Crippen MR) is 135 cm³/mol. The van der Waals surface area contributed by atoms with Gasteiger partial charge in [-0.3, -0.25) is 14.4 Å². The molecule has 0 aromatic heterocycles. The average molecular weight is 488 g/mol. The minimum absolute atomic E-state index is 0.0317. The zero-order valence-electron chi connectivity index (χ0n) is 19.8. The van der Waals surface area contributed by atoms with Gasteiger partial charge in [-0.05, 0) is 37.1 Å². The van der Waals surface area contributed by atoms with E-state index >= 15 is 0 Å². The number of carbonyl (C=O) groups excluding carboxylic acids is 3. The maximum absolute atomic E-state index is 13.5. The molecule has 3 aromatic carbocycles. The van der Waals surface area contributed by atoms with Crippen molar-refractivity contribution in [3.8, 4) is 5.75 Å². The fourth-order valence-electron chi connectivity index (χ4n) is 5.18. The number of fused-ring (bicyclic) bond motifs is 1. The lowest BCUT2D eigenvalue weighted by molar-refractivity contribution is -0.00585. The van der Waals surface area contributed by atoms with Crippen LogP contribution in [0.25, 0.3) is 0 Å². The molecule has 178 valence electrons. The Balaban J connectivity index is 1.35. The van der Waals surface area contributed by atoms with Gasteiger partial charge in [0.15, 0.2) is 11.6 Å².